The van der Waals surface area contributed by atoms with Gasteiger partial charge in [0.25, 0.3) is 11.7 Å². The highest BCUT2D eigenvalue weighted by Crippen LogP contribution is 2.25. The third-order valence-corrected chi connectivity index (χ3v) is 6.42. The first kappa shape index (κ1) is 22.3. The molecule has 3 heterocycles. The second kappa shape index (κ2) is 9.68. The molecule has 2 aromatic heterocycles. The Bertz CT molecular complexity index is 1150. The molecule has 1 saturated heterocycles. The van der Waals surface area contributed by atoms with E-state index >= 15 is 0 Å². The molecule has 8 nitrogen and oxygen atoms in total. The number of likely N-dealkylation sites (tertiary alicyclic amines) is 1. The molecular formula is C23H27N5O3S. The molecule has 0 bridgehead atoms. The maximum absolute atomic E-state index is 13.3. The number of benzene rings is 1. The lowest BCUT2D eigenvalue weighted by Crippen LogP contribution is -2.43. The van der Waals surface area contributed by atoms with Gasteiger partial charge in [0.05, 0.1) is 12.5 Å². The van der Waals surface area contributed by atoms with Crippen LogP contribution in [-0.2, 0) is 15.3 Å². The van der Waals surface area contributed by atoms with Crippen LogP contribution in [0.4, 0.5) is 0 Å². The first-order chi connectivity index (χ1) is 15.5. The maximum Gasteiger partial charge on any atom is 0.310 e. The zero-order valence-electron chi connectivity index (χ0n) is 18.6. The number of piperidine rings is 1. The monoisotopic (exact) mass is 453 g/mol. The van der Waals surface area contributed by atoms with E-state index in [4.69, 9.17) is 4.74 Å². The fourth-order valence-electron chi connectivity index (χ4n) is 3.99. The van der Waals surface area contributed by atoms with Crippen LogP contribution in [0, 0.1) is 19.8 Å². The molecule has 4 rings (SSSR count). The van der Waals surface area contributed by atoms with Gasteiger partial charge in [-0.1, -0.05) is 30.0 Å². The number of aryl methyl sites for hydroxylation is 2. The number of hydrogen-bond acceptors (Lipinski definition) is 7. The molecule has 168 valence electrons. The highest BCUT2D eigenvalue weighted by molar-refractivity contribution is 7.98. The molecule has 32 heavy (non-hydrogen) atoms. The largest absolute Gasteiger partial charge is 0.466 e. The predicted octanol–water partition coefficient (Wildman–Crippen LogP) is 3.45. The van der Waals surface area contributed by atoms with Gasteiger partial charge >= 0.3 is 5.97 Å². The molecule has 1 aliphatic rings. The Hall–Kier alpha value is -2.94. The van der Waals surface area contributed by atoms with Gasteiger partial charge in [-0.3, -0.25) is 9.59 Å². The van der Waals surface area contributed by atoms with Crippen LogP contribution in [0.1, 0.15) is 47.1 Å². The second-order valence-electron chi connectivity index (χ2n) is 7.93. The minimum Gasteiger partial charge on any atom is -0.466 e. The van der Waals surface area contributed by atoms with E-state index in [1.807, 2.05) is 44.2 Å². The molecule has 0 N–H and O–H groups in total. The number of carbonyl (C=O) groups excluding carboxylic acids is 2. The van der Waals surface area contributed by atoms with Crippen molar-refractivity contribution in [1.82, 2.24) is 24.5 Å². The maximum atomic E-state index is 13.3. The second-order valence-corrected chi connectivity index (χ2v) is 8.88. The lowest BCUT2D eigenvalue weighted by Gasteiger charge is -2.32. The van der Waals surface area contributed by atoms with E-state index in [1.165, 1.54) is 11.8 Å². The SMILES string of the molecule is CCOC(=O)C1CCCN(C(=O)c2ccccc2CSc2nc3nc(C)cc(C)n3n2)C1. The van der Waals surface area contributed by atoms with Gasteiger partial charge < -0.3 is 9.64 Å². The van der Waals surface area contributed by atoms with Crippen molar-refractivity contribution in [3.8, 4) is 0 Å². The summed E-state index contributed by atoms with van der Waals surface area (Å²) in [6, 6.07) is 9.56. The van der Waals surface area contributed by atoms with Crippen molar-refractivity contribution in [2.75, 3.05) is 19.7 Å². The van der Waals surface area contributed by atoms with Crippen LogP contribution in [0.3, 0.4) is 0 Å². The van der Waals surface area contributed by atoms with Crippen molar-refractivity contribution in [2.45, 2.75) is 44.5 Å². The van der Waals surface area contributed by atoms with Crippen molar-refractivity contribution >= 4 is 29.4 Å². The minimum atomic E-state index is -0.254. The van der Waals surface area contributed by atoms with E-state index in [-0.39, 0.29) is 17.8 Å². The standard InChI is InChI=1S/C23H27N5O3S/c1-4-31-21(30)17-9-7-11-27(13-17)20(29)19-10-6-5-8-18(19)14-32-23-25-22-24-15(2)12-16(3)28(22)26-23/h5-6,8,10,12,17H,4,7,9,11,13-14H2,1-3H3. The van der Waals surface area contributed by atoms with Gasteiger partial charge in [0.2, 0.25) is 5.16 Å². The number of ether oxygens (including phenoxy) is 1. The highest BCUT2D eigenvalue weighted by Gasteiger charge is 2.30. The van der Waals surface area contributed by atoms with Crippen molar-refractivity contribution in [1.29, 1.82) is 0 Å². The van der Waals surface area contributed by atoms with Crippen molar-refractivity contribution in [3.63, 3.8) is 0 Å². The third-order valence-electron chi connectivity index (χ3n) is 5.53. The van der Waals surface area contributed by atoms with Crippen molar-refractivity contribution < 1.29 is 14.3 Å². The summed E-state index contributed by atoms with van der Waals surface area (Å²) >= 11 is 1.48. The number of aromatic nitrogens is 4. The Balaban J connectivity index is 1.48. The Morgan fingerprint density at radius 1 is 1.22 bits per heavy atom. The first-order valence-corrected chi connectivity index (χ1v) is 11.8. The van der Waals surface area contributed by atoms with Gasteiger partial charge in [-0.05, 0) is 51.3 Å². The molecule has 1 aliphatic heterocycles. The summed E-state index contributed by atoms with van der Waals surface area (Å²) in [7, 11) is 0. The number of thioether (sulfide) groups is 1. The molecule has 0 saturated carbocycles. The number of amides is 1. The van der Waals surface area contributed by atoms with E-state index in [1.54, 1.807) is 16.3 Å². The molecule has 0 radical (unpaired) electrons. The zero-order chi connectivity index (χ0) is 22.7. The normalized spacial score (nSPS) is 16.3. The molecule has 1 fully saturated rings. The number of fused-ring (bicyclic) bond motifs is 1. The topological polar surface area (TPSA) is 89.7 Å². The Morgan fingerprint density at radius 2 is 2.03 bits per heavy atom. The Kier molecular flexibility index (Phi) is 6.74. The molecule has 0 aliphatic carbocycles. The van der Waals surface area contributed by atoms with E-state index in [0.717, 1.165) is 29.8 Å². The van der Waals surface area contributed by atoms with E-state index in [9.17, 15) is 9.59 Å². The van der Waals surface area contributed by atoms with Gasteiger partial charge in [0, 0.05) is 35.8 Å². The van der Waals surface area contributed by atoms with E-state index in [0.29, 0.717) is 41.9 Å². The average Bonchev–Trinajstić information content (AvgIpc) is 3.21. The van der Waals surface area contributed by atoms with Gasteiger partial charge in [0.1, 0.15) is 0 Å². The van der Waals surface area contributed by atoms with Gasteiger partial charge in [-0.25, -0.2) is 9.50 Å². The number of nitrogens with zero attached hydrogens (tertiary/aromatic N) is 5. The highest BCUT2D eigenvalue weighted by atomic mass is 32.2. The molecule has 1 aromatic carbocycles. The van der Waals surface area contributed by atoms with Crippen LogP contribution in [0.15, 0.2) is 35.5 Å². The molecule has 1 atom stereocenters. The smallest absolute Gasteiger partial charge is 0.310 e. The summed E-state index contributed by atoms with van der Waals surface area (Å²) in [4.78, 5) is 36.2. The van der Waals surface area contributed by atoms with E-state index < -0.39 is 0 Å². The van der Waals surface area contributed by atoms with Crippen LogP contribution in [-0.4, -0.2) is 56.1 Å². The fraction of sp³-hybridized carbons (Fsp3) is 0.435. The quantitative estimate of drug-likeness (QED) is 0.417. The Labute approximate surface area is 191 Å². The molecular weight excluding hydrogens is 426 g/mol. The first-order valence-electron chi connectivity index (χ1n) is 10.8. The summed E-state index contributed by atoms with van der Waals surface area (Å²) in [5.41, 5.74) is 3.44. The number of carbonyl (C=O) groups is 2. The Morgan fingerprint density at radius 3 is 2.84 bits per heavy atom. The number of rotatable bonds is 6. The predicted molar refractivity (Wildman–Crippen MR) is 122 cm³/mol. The van der Waals surface area contributed by atoms with Crippen LogP contribution in [0.25, 0.3) is 5.78 Å². The summed E-state index contributed by atoms with van der Waals surface area (Å²) in [6.07, 6.45) is 1.55. The number of esters is 1. The van der Waals surface area contributed by atoms with Crippen LogP contribution < -0.4 is 0 Å². The van der Waals surface area contributed by atoms with E-state index in [2.05, 4.69) is 15.1 Å². The van der Waals surface area contributed by atoms with Crippen LogP contribution in [0.2, 0.25) is 0 Å². The van der Waals surface area contributed by atoms with Gasteiger partial charge in [-0.2, -0.15) is 4.98 Å². The lowest BCUT2D eigenvalue weighted by atomic mass is 9.97. The van der Waals surface area contributed by atoms with Crippen molar-refractivity contribution in [2.24, 2.45) is 5.92 Å². The van der Waals surface area contributed by atoms with Crippen molar-refractivity contribution in [3.05, 3.63) is 52.8 Å². The minimum absolute atomic E-state index is 0.0497. The number of hydrogen-bond donors (Lipinski definition) is 0. The molecule has 3 aromatic rings. The zero-order valence-corrected chi connectivity index (χ0v) is 19.4. The summed E-state index contributed by atoms with van der Waals surface area (Å²) in [5.74, 6) is 0.617. The third kappa shape index (κ3) is 4.77. The summed E-state index contributed by atoms with van der Waals surface area (Å²) < 4.78 is 6.90. The summed E-state index contributed by atoms with van der Waals surface area (Å²) in [5, 5.41) is 5.16. The van der Waals surface area contributed by atoms with Crippen LogP contribution in [0.5, 0.6) is 0 Å². The van der Waals surface area contributed by atoms with Gasteiger partial charge in [-0.15, -0.1) is 5.10 Å². The molecule has 0 spiro atoms. The average molecular weight is 454 g/mol. The molecule has 9 heteroatoms. The van der Waals surface area contributed by atoms with Crippen LogP contribution >= 0.6 is 11.8 Å². The van der Waals surface area contributed by atoms with Gasteiger partial charge in [0.15, 0.2) is 0 Å². The summed E-state index contributed by atoms with van der Waals surface area (Å²) in [6.45, 7) is 7.11. The lowest BCUT2D eigenvalue weighted by molar-refractivity contribution is -0.149. The molecule has 1 unspecified atom stereocenters. The molecule has 1 amide bonds. The fourth-order valence-corrected chi connectivity index (χ4v) is 4.81.